The van der Waals surface area contributed by atoms with E-state index in [1.54, 1.807) is 0 Å². The van der Waals surface area contributed by atoms with Crippen LogP contribution in [0.1, 0.15) is 65.7 Å². The lowest BCUT2D eigenvalue weighted by Crippen LogP contribution is -2.64. The number of hydrogen-bond acceptors (Lipinski definition) is 6. The molecule has 2 amide bonds. The van der Waals surface area contributed by atoms with E-state index in [9.17, 15) is 19.6 Å². The lowest BCUT2D eigenvalue weighted by atomic mass is 9.70. The number of rotatable bonds is 7. The molecular weight excluding hydrogens is 382 g/mol. The number of nitrogens with two attached hydrogens (primary N) is 1. The molecule has 0 aromatic heterocycles. The van der Waals surface area contributed by atoms with Crippen molar-refractivity contribution in [3.8, 4) is 12.1 Å². The highest BCUT2D eigenvalue weighted by Gasteiger charge is 2.48. The van der Waals surface area contributed by atoms with Gasteiger partial charge in [0, 0.05) is 24.3 Å². The van der Waals surface area contributed by atoms with E-state index in [4.69, 9.17) is 11.0 Å². The second-order valence-electron chi connectivity index (χ2n) is 9.92. The molecule has 0 radical (unpaired) electrons. The van der Waals surface area contributed by atoms with Crippen molar-refractivity contribution in [2.45, 2.75) is 77.3 Å². The average molecular weight is 416 g/mol. The van der Waals surface area contributed by atoms with E-state index < -0.39 is 17.5 Å². The van der Waals surface area contributed by atoms with Crippen LogP contribution < -0.4 is 16.4 Å². The van der Waals surface area contributed by atoms with Gasteiger partial charge in [-0.15, -0.1) is 0 Å². The first-order valence-corrected chi connectivity index (χ1v) is 10.7. The number of ketones is 1. The zero-order valence-corrected chi connectivity index (χ0v) is 18.2. The number of nitrogens with zero attached hydrogens (tertiary/aromatic N) is 2. The second kappa shape index (κ2) is 9.57. The number of nitrogens with one attached hydrogen (secondary N) is 2. The van der Waals surface area contributed by atoms with Gasteiger partial charge in [-0.1, -0.05) is 20.8 Å². The molecule has 0 bridgehead atoms. The number of nitriles is 2. The molecule has 164 valence electrons. The summed E-state index contributed by atoms with van der Waals surface area (Å²) < 4.78 is 0. The Hall–Kier alpha value is -2.45. The Balaban J connectivity index is 2.16. The average Bonchev–Trinajstić information content (AvgIpc) is 3.09. The molecule has 0 aromatic rings. The van der Waals surface area contributed by atoms with Crippen molar-refractivity contribution in [1.29, 1.82) is 10.5 Å². The summed E-state index contributed by atoms with van der Waals surface area (Å²) in [6.45, 7) is 6.29. The van der Waals surface area contributed by atoms with E-state index in [0.29, 0.717) is 38.6 Å². The second-order valence-corrected chi connectivity index (χ2v) is 9.92. The summed E-state index contributed by atoms with van der Waals surface area (Å²) in [5.74, 6) is -1.85. The Bertz CT molecular complexity index is 752. The first kappa shape index (κ1) is 23.8. The van der Waals surface area contributed by atoms with Crippen molar-refractivity contribution in [1.82, 2.24) is 10.6 Å². The van der Waals surface area contributed by atoms with Crippen molar-refractivity contribution in [3.05, 3.63) is 0 Å². The summed E-state index contributed by atoms with van der Waals surface area (Å²) in [6.07, 6.45) is 3.28. The van der Waals surface area contributed by atoms with Crippen molar-refractivity contribution >= 4 is 17.6 Å². The molecule has 1 saturated heterocycles. The molecule has 30 heavy (non-hydrogen) atoms. The topological polar surface area (TPSA) is 149 Å². The predicted molar refractivity (Wildman–Crippen MR) is 110 cm³/mol. The summed E-state index contributed by atoms with van der Waals surface area (Å²) in [7, 11) is 0. The smallest absolute Gasteiger partial charge is 0.248 e. The Kier molecular flexibility index (Phi) is 7.60. The minimum absolute atomic E-state index is 0.0572. The predicted octanol–water partition coefficient (Wildman–Crippen LogP) is 1.55. The highest BCUT2D eigenvalue weighted by molar-refractivity contribution is 6.11. The van der Waals surface area contributed by atoms with Crippen LogP contribution in [0, 0.1) is 45.8 Å². The molecule has 4 N–H and O–H groups in total. The first-order valence-electron chi connectivity index (χ1n) is 10.7. The van der Waals surface area contributed by atoms with Gasteiger partial charge in [-0.25, -0.2) is 0 Å². The third kappa shape index (κ3) is 5.79. The maximum absolute atomic E-state index is 13.4. The Labute approximate surface area is 178 Å². The van der Waals surface area contributed by atoms with Crippen LogP contribution in [0.15, 0.2) is 0 Å². The lowest BCUT2D eigenvalue weighted by molar-refractivity contribution is -0.141. The van der Waals surface area contributed by atoms with Crippen molar-refractivity contribution < 1.29 is 14.4 Å². The molecular formula is C22H33N5O3. The van der Waals surface area contributed by atoms with Gasteiger partial charge in [-0.05, 0) is 50.4 Å². The van der Waals surface area contributed by atoms with E-state index in [1.165, 1.54) is 0 Å². The highest BCUT2D eigenvalue weighted by atomic mass is 16.2. The number of Topliss-reactive ketones (excluding diaryl/α,β-unsaturated/α-hetero) is 1. The normalized spacial score (nSPS) is 27.1. The van der Waals surface area contributed by atoms with Gasteiger partial charge in [0.15, 0.2) is 11.3 Å². The largest absolute Gasteiger partial charge is 0.356 e. The fraction of sp³-hybridized carbons (Fsp3) is 0.773. The van der Waals surface area contributed by atoms with Gasteiger partial charge in [-0.2, -0.15) is 10.5 Å². The van der Waals surface area contributed by atoms with Crippen LogP contribution in [0.2, 0.25) is 0 Å². The molecule has 3 atom stereocenters. The number of amides is 2. The van der Waals surface area contributed by atoms with Crippen molar-refractivity contribution in [2.24, 2.45) is 28.9 Å². The monoisotopic (exact) mass is 415 g/mol. The summed E-state index contributed by atoms with van der Waals surface area (Å²) in [5.41, 5.74) is 4.35. The highest BCUT2D eigenvalue weighted by Crippen LogP contribution is 2.35. The zero-order valence-electron chi connectivity index (χ0n) is 18.2. The standard InChI is InChI=1S/C22H33N5O3/c1-21(2,3)13-22(25,18(28)15-6-4-14(11-23)5-7-15)20(30)27-17(12-24)10-16-8-9-26-19(16)29/h14-17H,4-10,13,25H2,1-3H3,(H,26,29)(H,27,30)/t14?,15?,16-,17-,22+/m0/s1. The van der Waals surface area contributed by atoms with Gasteiger partial charge in [-0.3, -0.25) is 14.4 Å². The van der Waals surface area contributed by atoms with Gasteiger partial charge in [0.25, 0.3) is 0 Å². The summed E-state index contributed by atoms with van der Waals surface area (Å²) >= 11 is 0. The summed E-state index contributed by atoms with van der Waals surface area (Å²) in [5, 5.41) is 24.0. The maximum atomic E-state index is 13.4. The first-order chi connectivity index (χ1) is 14.0. The van der Waals surface area contributed by atoms with E-state index in [1.807, 2.05) is 26.8 Å². The molecule has 2 rings (SSSR count). The molecule has 2 aliphatic rings. The molecule has 1 heterocycles. The van der Waals surface area contributed by atoms with Crippen LogP contribution in [0.4, 0.5) is 0 Å². The fourth-order valence-electron chi connectivity index (χ4n) is 4.55. The van der Waals surface area contributed by atoms with Gasteiger partial charge in [0.05, 0.1) is 12.1 Å². The van der Waals surface area contributed by atoms with Crippen LogP contribution in [0.3, 0.4) is 0 Å². The summed E-state index contributed by atoms with van der Waals surface area (Å²) in [6, 6.07) is 3.38. The summed E-state index contributed by atoms with van der Waals surface area (Å²) in [4.78, 5) is 38.4. The quantitative estimate of drug-likeness (QED) is 0.537. The fourth-order valence-corrected chi connectivity index (χ4v) is 4.55. The Morgan fingerprint density at radius 1 is 1.20 bits per heavy atom. The SMILES string of the molecule is CC(C)(C)C[C@](N)(C(=O)N[C@H](C#N)C[C@@H]1CCNC1=O)C(=O)C1CCC(C#N)CC1. The molecule has 1 aliphatic carbocycles. The minimum atomic E-state index is -1.75. The minimum Gasteiger partial charge on any atom is -0.356 e. The van der Waals surface area contributed by atoms with Gasteiger partial charge in [0.2, 0.25) is 11.8 Å². The number of hydrogen-bond donors (Lipinski definition) is 3. The number of carbonyl (C=O) groups is 3. The maximum Gasteiger partial charge on any atom is 0.248 e. The third-order valence-electron chi connectivity index (χ3n) is 6.08. The van der Waals surface area contributed by atoms with E-state index in [0.717, 1.165) is 0 Å². The molecule has 8 heteroatoms. The van der Waals surface area contributed by atoms with Crippen molar-refractivity contribution in [2.75, 3.05) is 6.54 Å². The molecule has 0 aromatic carbocycles. The van der Waals surface area contributed by atoms with Gasteiger partial charge >= 0.3 is 0 Å². The van der Waals surface area contributed by atoms with Crippen molar-refractivity contribution in [3.63, 3.8) is 0 Å². The molecule has 0 spiro atoms. The molecule has 1 aliphatic heterocycles. The van der Waals surface area contributed by atoms with Crippen LogP contribution in [0.5, 0.6) is 0 Å². The molecule has 8 nitrogen and oxygen atoms in total. The molecule has 2 fully saturated rings. The van der Waals surface area contributed by atoms with Gasteiger partial charge < -0.3 is 16.4 Å². The van der Waals surface area contributed by atoms with E-state index in [2.05, 4.69) is 16.7 Å². The van der Waals surface area contributed by atoms with E-state index >= 15 is 0 Å². The van der Waals surface area contributed by atoms with E-state index in [-0.39, 0.29) is 47.7 Å². The van der Waals surface area contributed by atoms with Crippen LogP contribution in [0.25, 0.3) is 0 Å². The van der Waals surface area contributed by atoms with Gasteiger partial charge in [0.1, 0.15) is 6.04 Å². The zero-order chi connectivity index (χ0) is 22.5. The molecule has 0 unspecified atom stereocenters. The van der Waals surface area contributed by atoms with Crippen LogP contribution >= 0.6 is 0 Å². The lowest BCUT2D eigenvalue weighted by Gasteiger charge is -2.37. The Morgan fingerprint density at radius 3 is 2.30 bits per heavy atom. The number of carbonyl (C=O) groups excluding carboxylic acids is 3. The third-order valence-corrected chi connectivity index (χ3v) is 6.08. The molecule has 1 saturated carbocycles. The van der Waals surface area contributed by atoms with Crippen LogP contribution in [-0.4, -0.2) is 35.7 Å². The Morgan fingerprint density at radius 2 is 1.83 bits per heavy atom. The van der Waals surface area contributed by atoms with Crippen LogP contribution in [-0.2, 0) is 14.4 Å².